The van der Waals surface area contributed by atoms with Gasteiger partial charge in [-0.1, -0.05) is 48.5 Å². The van der Waals surface area contributed by atoms with Crippen molar-refractivity contribution in [3.8, 4) is 5.75 Å². The van der Waals surface area contributed by atoms with Crippen LogP contribution in [-0.4, -0.2) is 36.9 Å². The third-order valence-electron chi connectivity index (χ3n) is 3.88. The maximum absolute atomic E-state index is 12.5. The fourth-order valence-corrected chi connectivity index (χ4v) is 2.49. The third-order valence-corrected chi connectivity index (χ3v) is 3.88. The van der Waals surface area contributed by atoms with Crippen molar-refractivity contribution in [3.63, 3.8) is 0 Å². The number of amides is 2. The molecule has 26 heavy (non-hydrogen) atoms. The van der Waals surface area contributed by atoms with E-state index in [2.05, 4.69) is 11.9 Å². The van der Waals surface area contributed by atoms with Gasteiger partial charge in [-0.3, -0.25) is 9.59 Å². The molecule has 0 spiro atoms. The molecule has 2 aromatic rings. The molecule has 0 heterocycles. The molecule has 136 valence electrons. The van der Waals surface area contributed by atoms with E-state index in [0.29, 0.717) is 13.1 Å². The highest BCUT2D eigenvalue weighted by atomic mass is 16.5. The summed E-state index contributed by atoms with van der Waals surface area (Å²) in [5, 5.41) is 2.69. The Hall–Kier alpha value is -3.08. The molecule has 5 heteroatoms. The maximum atomic E-state index is 12.5. The summed E-state index contributed by atoms with van der Waals surface area (Å²) in [5.74, 6) is 0.443. The molecule has 0 radical (unpaired) electrons. The van der Waals surface area contributed by atoms with Gasteiger partial charge in [-0.05, 0) is 23.3 Å². The zero-order valence-electron chi connectivity index (χ0n) is 15.0. The molecule has 0 saturated heterocycles. The maximum Gasteiger partial charge on any atom is 0.242 e. The Morgan fingerprint density at radius 2 is 1.77 bits per heavy atom. The van der Waals surface area contributed by atoms with Crippen molar-refractivity contribution >= 4 is 11.8 Å². The largest absolute Gasteiger partial charge is 0.497 e. The standard InChI is InChI=1S/C21H24N2O3/c1-3-13-23(16-18-9-11-19(26-2)12-10-18)21(25)15-22-20(24)14-17-7-5-4-6-8-17/h3-12H,1,13-16H2,2H3,(H,22,24). The molecule has 0 bridgehead atoms. The lowest BCUT2D eigenvalue weighted by molar-refractivity contribution is -0.132. The first-order chi connectivity index (χ1) is 12.6. The molecular weight excluding hydrogens is 328 g/mol. The van der Waals surface area contributed by atoms with Crippen molar-refractivity contribution in [2.75, 3.05) is 20.2 Å². The molecule has 0 saturated carbocycles. The van der Waals surface area contributed by atoms with Crippen LogP contribution < -0.4 is 10.1 Å². The van der Waals surface area contributed by atoms with Gasteiger partial charge in [0.15, 0.2) is 0 Å². The summed E-state index contributed by atoms with van der Waals surface area (Å²) in [6.45, 7) is 4.53. The number of nitrogens with zero attached hydrogens (tertiary/aromatic N) is 1. The van der Waals surface area contributed by atoms with Crippen LogP contribution in [0, 0.1) is 0 Å². The topological polar surface area (TPSA) is 58.6 Å². The van der Waals surface area contributed by atoms with E-state index in [9.17, 15) is 9.59 Å². The SMILES string of the molecule is C=CCN(Cc1ccc(OC)cc1)C(=O)CNC(=O)Cc1ccccc1. The molecule has 0 aliphatic carbocycles. The second-order valence-corrected chi connectivity index (χ2v) is 5.85. The lowest BCUT2D eigenvalue weighted by Crippen LogP contribution is -2.40. The van der Waals surface area contributed by atoms with Gasteiger partial charge in [-0.2, -0.15) is 0 Å². The van der Waals surface area contributed by atoms with Gasteiger partial charge >= 0.3 is 0 Å². The van der Waals surface area contributed by atoms with Crippen LogP contribution >= 0.6 is 0 Å². The molecule has 0 unspecified atom stereocenters. The molecule has 0 aliphatic rings. The minimum atomic E-state index is -0.174. The van der Waals surface area contributed by atoms with Crippen molar-refractivity contribution < 1.29 is 14.3 Å². The Morgan fingerprint density at radius 3 is 2.38 bits per heavy atom. The van der Waals surface area contributed by atoms with Gasteiger partial charge in [-0.15, -0.1) is 6.58 Å². The Balaban J connectivity index is 1.88. The Labute approximate surface area is 154 Å². The number of rotatable bonds is 9. The molecular formula is C21H24N2O3. The Bertz CT molecular complexity index is 727. The highest BCUT2D eigenvalue weighted by Crippen LogP contribution is 2.13. The van der Waals surface area contributed by atoms with Gasteiger partial charge in [0.05, 0.1) is 20.1 Å². The monoisotopic (exact) mass is 352 g/mol. The van der Waals surface area contributed by atoms with E-state index in [1.54, 1.807) is 18.1 Å². The first kappa shape index (κ1) is 19.2. The van der Waals surface area contributed by atoms with E-state index in [1.807, 2.05) is 54.6 Å². The predicted octanol–water partition coefficient (Wildman–Crippen LogP) is 2.57. The number of carbonyl (C=O) groups excluding carboxylic acids is 2. The second kappa shape index (κ2) is 10.0. The van der Waals surface area contributed by atoms with Gasteiger partial charge in [0.2, 0.25) is 11.8 Å². The van der Waals surface area contributed by atoms with Crippen LogP contribution in [0.25, 0.3) is 0 Å². The normalized spacial score (nSPS) is 10.0. The smallest absolute Gasteiger partial charge is 0.242 e. The molecule has 0 aliphatic heterocycles. The van der Waals surface area contributed by atoms with E-state index in [1.165, 1.54) is 0 Å². The average molecular weight is 352 g/mol. The lowest BCUT2D eigenvalue weighted by Gasteiger charge is -2.21. The molecule has 1 N–H and O–H groups in total. The van der Waals surface area contributed by atoms with Gasteiger partial charge in [0.25, 0.3) is 0 Å². The van der Waals surface area contributed by atoms with Crippen LogP contribution in [0.4, 0.5) is 0 Å². The van der Waals surface area contributed by atoms with Gasteiger partial charge in [0.1, 0.15) is 5.75 Å². The molecule has 0 aromatic heterocycles. The average Bonchev–Trinajstić information content (AvgIpc) is 2.67. The van der Waals surface area contributed by atoms with E-state index in [0.717, 1.165) is 16.9 Å². The van der Waals surface area contributed by atoms with Crippen molar-refractivity contribution in [1.29, 1.82) is 0 Å². The molecule has 2 rings (SSSR count). The highest BCUT2D eigenvalue weighted by Gasteiger charge is 2.14. The third kappa shape index (κ3) is 6.09. The fourth-order valence-electron chi connectivity index (χ4n) is 2.49. The van der Waals surface area contributed by atoms with E-state index in [4.69, 9.17) is 4.74 Å². The summed E-state index contributed by atoms with van der Waals surface area (Å²) in [6, 6.07) is 17.0. The fraction of sp³-hybridized carbons (Fsp3) is 0.238. The van der Waals surface area contributed by atoms with Crippen LogP contribution in [0.3, 0.4) is 0 Å². The van der Waals surface area contributed by atoms with Crippen LogP contribution in [0.2, 0.25) is 0 Å². The summed E-state index contributed by atoms with van der Waals surface area (Å²) >= 11 is 0. The van der Waals surface area contributed by atoms with Gasteiger partial charge in [0, 0.05) is 13.1 Å². The predicted molar refractivity (Wildman–Crippen MR) is 102 cm³/mol. The zero-order chi connectivity index (χ0) is 18.8. The first-order valence-corrected chi connectivity index (χ1v) is 8.44. The van der Waals surface area contributed by atoms with Crippen molar-refractivity contribution in [1.82, 2.24) is 10.2 Å². The van der Waals surface area contributed by atoms with Gasteiger partial charge in [-0.25, -0.2) is 0 Å². The number of hydrogen-bond acceptors (Lipinski definition) is 3. The quantitative estimate of drug-likeness (QED) is 0.706. The molecule has 2 amide bonds. The van der Waals surface area contributed by atoms with Crippen LogP contribution in [0.15, 0.2) is 67.3 Å². The summed E-state index contributed by atoms with van der Waals surface area (Å²) in [4.78, 5) is 26.1. The molecule has 0 fully saturated rings. The summed E-state index contributed by atoms with van der Waals surface area (Å²) in [7, 11) is 1.61. The number of ether oxygens (including phenoxy) is 1. The summed E-state index contributed by atoms with van der Waals surface area (Å²) in [5.41, 5.74) is 1.90. The first-order valence-electron chi connectivity index (χ1n) is 8.44. The number of methoxy groups -OCH3 is 1. The van der Waals surface area contributed by atoms with Crippen molar-refractivity contribution in [2.45, 2.75) is 13.0 Å². The molecule has 0 atom stereocenters. The summed E-state index contributed by atoms with van der Waals surface area (Å²) < 4.78 is 5.14. The number of nitrogens with one attached hydrogen (secondary N) is 1. The number of hydrogen-bond donors (Lipinski definition) is 1. The second-order valence-electron chi connectivity index (χ2n) is 5.85. The van der Waals surface area contributed by atoms with E-state index < -0.39 is 0 Å². The molecule has 5 nitrogen and oxygen atoms in total. The van der Waals surface area contributed by atoms with Crippen LogP contribution in [0.1, 0.15) is 11.1 Å². The highest BCUT2D eigenvalue weighted by molar-refractivity contribution is 5.85. The summed E-state index contributed by atoms with van der Waals surface area (Å²) in [6.07, 6.45) is 1.93. The number of benzene rings is 2. The van der Waals surface area contributed by atoms with Crippen molar-refractivity contribution in [2.24, 2.45) is 0 Å². The Kier molecular flexibility index (Phi) is 7.43. The van der Waals surface area contributed by atoms with Gasteiger partial charge < -0.3 is 15.0 Å². The minimum absolute atomic E-state index is 0.0321. The minimum Gasteiger partial charge on any atom is -0.497 e. The lowest BCUT2D eigenvalue weighted by atomic mass is 10.1. The Morgan fingerprint density at radius 1 is 1.08 bits per heavy atom. The zero-order valence-corrected chi connectivity index (χ0v) is 15.0. The van der Waals surface area contributed by atoms with Crippen LogP contribution in [-0.2, 0) is 22.6 Å². The molecule has 2 aromatic carbocycles. The van der Waals surface area contributed by atoms with E-state index >= 15 is 0 Å². The van der Waals surface area contributed by atoms with Crippen molar-refractivity contribution in [3.05, 3.63) is 78.4 Å². The van der Waals surface area contributed by atoms with E-state index in [-0.39, 0.29) is 24.8 Å². The van der Waals surface area contributed by atoms with Crippen LogP contribution in [0.5, 0.6) is 5.75 Å². The number of carbonyl (C=O) groups is 2.